The van der Waals surface area contributed by atoms with E-state index in [4.69, 9.17) is 5.73 Å². The zero-order valence-corrected chi connectivity index (χ0v) is 22.0. The molecule has 0 bridgehead atoms. The molecule has 0 aliphatic heterocycles. The van der Waals surface area contributed by atoms with Crippen LogP contribution < -0.4 is 5.73 Å². The molecule has 2 N–H and O–H groups in total. The molecule has 0 saturated carbocycles. The number of nitrogens with two attached hydrogens (primary N) is 1. The van der Waals surface area contributed by atoms with Crippen molar-refractivity contribution in [3.8, 4) is 27.9 Å². The van der Waals surface area contributed by atoms with Gasteiger partial charge in [0.25, 0.3) is 0 Å². The number of hydrogen-bond donors (Lipinski definition) is 1. The molecule has 184 valence electrons. The molecule has 0 spiro atoms. The first-order valence-electron chi connectivity index (χ1n) is 13.1. The number of rotatable bonds is 3. The third kappa shape index (κ3) is 3.48. The van der Waals surface area contributed by atoms with Crippen molar-refractivity contribution in [2.24, 2.45) is 0 Å². The number of aromatic nitrogens is 1. The van der Waals surface area contributed by atoms with E-state index in [9.17, 15) is 0 Å². The quantitative estimate of drug-likeness (QED) is 0.233. The van der Waals surface area contributed by atoms with Crippen molar-refractivity contribution < 1.29 is 0 Å². The van der Waals surface area contributed by atoms with Crippen LogP contribution in [0, 0.1) is 0 Å². The van der Waals surface area contributed by atoms with Gasteiger partial charge in [0.15, 0.2) is 0 Å². The number of nitrogen functional groups attached to an aromatic ring is 1. The number of benzene rings is 6. The van der Waals surface area contributed by atoms with Crippen LogP contribution in [0.3, 0.4) is 0 Å². The molecular formula is C36H24N2S. The summed E-state index contributed by atoms with van der Waals surface area (Å²) in [6.45, 7) is 0. The SMILES string of the molecule is Nc1ccc(-c2ccc(-n3c4cc(-c5ccccc5)ccc4c4c5sc6ccccc6c5ccc43)cc2)cc1. The van der Waals surface area contributed by atoms with E-state index in [1.165, 1.54) is 58.7 Å². The van der Waals surface area contributed by atoms with E-state index in [-0.39, 0.29) is 0 Å². The highest BCUT2D eigenvalue weighted by atomic mass is 32.1. The van der Waals surface area contributed by atoms with Gasteiger partial charge in [-0.1, -0.05) is 91.0 Å². The molecule has 2 aromatic heterocycles. The lowest BCUT2D eigenvalue weighted by molar-refractivity contribution is 1.18. The van der Waals surface area contributed by atoms with E-state index >= 15 is 0 Å². The first kappa shape index (κ1) is 22.2. The van der Waals surface area contributed by atoms with Crippen molar-refractivity contribution in [1.29, 1.82) is 0 Å². The Morgan fingerprint density at radius 1 is 0.487 bits per heavy atom. The van der Waals surface area contributed by atoms with E-state index < -0.39 is 0 Å². The molecule has 2 heterocycles. The van der Waals surface area contributed by atoms with Crippen LogP contribution in [0.2, 0.25) is 0 Å². The first-order chi connectivity index (χ1) is 19.2. The molecule has 0 fully saturated rings. The van der Waals surface area contributed by atoms with E-state index in [0.717, 1.165) is 16.9 Å². The Morgan fingerprint density at radius 2 is 1.13 bits per heavy atom. The molecular weight excluding hydrogens is 492 g/mol. The van der Waals surface area contributed by atoms with Crippen LogP contribution in [0.1, 0.15) is 0 Å². The van der Waals surface area contributed by atoms with Gasteiger partial charge in [0, 0.05) is 42.3 Å². The van der Waals surface area contributed by atoms with Gasteiger partial charge in [0.1, 0.15) is 0 Å². The minimum absolute atomic E-state index is 0.780. The van der Waals surface area contributed by atoms with E-state index in [0.29, 0.717) is 0 Å². The van der Waals surface area contributed by atoms with E-state index in [1.807, 2.05) is 23.5 Å². The summed E-state index contributed by atoms with van der Waals surface area (Å²) in [7, 11) is 0. The second kappa shape index (κ2) is 8.59. The van der Waals surface area contributed by atoms with Gasteiger partial charge >= 0.3 is 0 Å². The fourth-order valence-corrected chi connectivity index (χ4v) is 7.11. The maximum atomic E-state index is 5.91. The Labute approximate surface area is 230 Å². The van der Waals surface area contributed by atoms with Gasteiger partial charge in [-0.15, -0.1) is 11.3 Å². The lowest BCUT2D eigenvalue weighted by Crippen LogP contribution is -1.94. The summed E-state index contributed by atoms with van der Waals surface area (Å²) in [6.07, 6.45) is 0. The zero-order chi connectivity index (χ0) is 25.9. The molecule has 0 atom stereocenters. The Balaban J connectivity index is 1.42. The summed E-state index contributed by atoms with van der Waals surface area (Å²) in [5.41, 5.74) is 15.1. The highest BCUT2D eigenvalue weighted by Crippen LogP contribution is 2.44. The molecule has 8 aromatic rings. The molecule has 6 aromatic carbocycles. The summed E-state index contributed by atoms with van der Waals surface area (Å²) in [6, 6.07) is 47.8. The highest BCUT2D eigenvalue weighted by Gasteiger charge is 2.18. The second-order valence-corrected chi connectivity index (χ2v) is 11.1. The Kier molecular flexibility index (Phi) is 4.88. The summed E-state index contributed by atoms with van der Waals surface area (Å²) < 4.78 is 5.10. The summed E-state index contributed by atoms with van der Waals surface area (Å²) >= 11 is 1.89. The van der Waals surface area contributed by atoms with Gasteiger partial charge in [0.05, 0.1) is 11.0 Å². The monoisotopic (exact) mass is 516 g/mol. The number of thiophene rings is 1. The molecule has 0 radical (unpaired) electrons. The van der Waals surface area contributed by atoms with Crippen LogP contribution in [-0.4, -0.2) is 4.57 Å². The molecule has 2 nitrogen and oxygen atoms in total. The molecule has 3 heteroatoms. The van der Waals surface area contributed by atoms with Crippen LogP contribution in [0.25, 0.3) is 69.9 Å². The molecule has 8 rings (SSSR count). The maximum Gasteiger partial charge on any atom is 0.0555 e. The lowest BCUT2D eigenvalue weighted by Gasteiger charge is -2.10. The maximum absolute atomic E-state index is 5.91. The van der Waals surface area contributed by atoms with Gasteiger partial charge in [-0.25, -0.2) is 0 Å². The molecule has 0 amide bonds. The molecule has 39 heavy (non-hydrogen) atoms. The van der Waals surface area contributed by atoms with Crippen molar-refractivity contribution in [2.75, 3.05) is 5.73 Å². The van der Waals surface area contributed by atoms with Crippen LogP contribution >= 0.6 is 11.3 Å². The van der Waals surface area contributed by atoms with E-state index in [1.54, 1.807) is 0 Å². The zero-order valence-electron chi connectivity index (χ0n) is 21.1. The number of anilines is 1. The van der Waals surface area contributed by atoms with Crippen molar-refractivity contribution in [3.05, 3.63) is 133 Å². The van der Waals surface area contributed by atoms with E-state index in [2.05, 4.69) is 126 Å². The average Bonchev–Trinajstić information content (AvgIpc) is 3.53. The smallest absolute Gasteiger partial charge is 0.0555 e. The average molecular weight is 517 g/mol. The number of nitrogens with zero attached hydrogens (tertiary/aromatic N) is 1. The van der Waals surface area contributed by atoms with Crippen molar-refractivity contribution in [1.82, 2.24) is 4.57 Å². The minimum Gasteiger partial charge on any atom is -0.399 e. The lowest BCUT2D eigenvalue weighted by atomic mass is 10.0. The number of fused-ring (bicyclic) bond motifs is 7. The van der Waals surface area contributed by atoms with Gasteiger partial charge in [0.2, 0.25) is 0 Å². The summed E-state index contributed by atoms with van der Waals surface area (Å²) in [4.78, 5) is 0. The third-order valence-corrected chi connectivity index (χ3v) is 8.95. The Hall–Kier alpha value is -4.86. The van der Waals surface area contributed by atoms with Crippen LogP contribution in [0.5, 0.6) is 0 Å². The van der Waals surface area contributed by atoms with Gasteiger partial charge < -0.3 is 10.3 Å². The normalized spacial score (nSPS) is 11.7. The molecule has 0 unspecified atom stereocenters. The fourth-order valence-electron chi connectivity index (χ4n) is 5.85. The van der Waals surface area contributed by atoms with Crippen molar-refractivity contribution >= 4 is 59.0 Å². The predicted molar refractivity (Wildman–Crippen MR) is 169 cm³/mol. The Bertz CT molecular complexity index is 2150. The largest absolute Gasteiger partial charge is 0.399 e. The summed E-state index contributed by atoms with van der Waals surface area (Å²) in [5, 5.41) is 5.26. The van der Waals surface area contributed by atoms with Crippen LogP contribution in [-0.2, 0) is 0 Å². The van der Waals surface area contributed by atoms with Crippen molar-refractivity contribution in [3.63, 3.8) is 0 Å². The Morgan fingerprint density at radius 3 is 1.92 bits per heavy atom. The molecule has 0 saturated heterocycles. The van der Waals surface area contributed by atoms with Gasteiger partial charge in [-0.3, -0.25) is 0 Å². The summed E-state index contributed by atoms with van der Waals surface area (Å²) in [5.74, 6) is 0. The standard InChI is InChI=1S/C36H24N2S/c37-27-15-10-24(11-16-27)25-12-17-28(18-13-25)38-32-21-20-30-29-8-4-5-9-34(29)39-36(30)35(32)31-19-14-26(22-33(31)38)23-6-2-1-3-7-23/h1-22H,37H2. The van der Waals surface area contributed by atoms with Gasteiger partial charge in [-0.05, 0) is 64.7 Å². The second-order valence-electron chi connectivity index (χ2n) is 10.0. The van der Waals surface area contributed by atoms with Gasteiger partial charge in [-0.2, -0.15) is 0 Å². The highest BCUT2D eigenvalue weighted by molar-refractivity contribution is 7.26. The molecule has 0 aliphatic rings. The first-order valence-corrected chi connectivity index (χ1v) is 14.0. The third-order valence-electron chi connectivity index (χ3n) is 7.75. The van der Waals surface area contributed by atoms with Crippen LogP contribution in [0.4, 0.5) is 5.69 Å². The van der Waals surface area contributed by atoms with Crippen LogP contribution in [0.15, 0.2) is 133 Å². The molecule has 0 aliphatic carbocycles. The number of hydrogen-bond acceptors (Lipinski definition) is 2. The topological polar surface area (TPSA) is 30.9 Å². The van der Waals surface area contributed by atoms with Crippen molar-refractivity contribution in [2.45, 2.75) is 0 Å². The fraction of sp³-hybridized carbons (Fsp3) is 0. The predicted octanol–water partition coefficient (Wildman–Crippen LogP) is 10.1. The minimum atomic E-state index is 0.780.